The van der Waals surface area contributed by atoms with Crippen LogP contribution in [0.5, 0.6) is 11.5 Å². The van der Waals surface area contributed by atoms with E-state index in [9.17, 15) is 14.4 Å². The van der Waals surface area contributed by atoms with Crippen LogP contribution in [0.2, 0.25) is 0 Å². The van der Waals surface area contributed by atoms with E-state index in [1.807, 2.05) is 25.1 Å². The van der Waals surface area contributed by atoms with Gasteiger partial charge < -0.3 is 14.4 Å². The minimum absolute atomic E-state index is 0.0496. The Morgan fingerprint density at radius 3 is 2.36 bits per heavy atom. The standard InChI is InChI=1S/C26H38N2O5/c1-5-13-27(16-19-10-11-22(23(15-19)32-4)33-17-18(2)3)24(29)12-14-28-25(30)20-8-6-7-9-21(20)26(28)31/h10-11,15,18,20-21H,5-9,12-14,16-17H2,1-4H3/t20-,21+. The van der Waals surface area contributed by atoms with Gasteiger partial charge in [-0.3, -0.25) is 19.3 Å². The van der Waals surface area contributed by atoms with Gasteiger partial charge in [0, 0.05) is 26.1 Å². The van der Waals surface area contributed by atoms with Crippen LogP contribution >= 0.6 is 0 Å². The third-order valence-corrected chi connectivity index (χ3v) is 6.50. The van der Waals surface area contributed by atoms with Gasteiger partial charge in [0.25, 0.3) is 0 Å². The number of fused-ring (bicyclic) bond motifs is 1. The van der Waals surface area contributed by atoms with Crippen molar-refractivity contribution in [3.05, 3.63) is 23.8 Å². The van der Waals surface area contributed by atoms with Gasteiger partial charge in [0.2, 0.25) is 17.7 Å². The number of carbonyl (C=O) groups excluding carboxylic acids is 3. The summed E-state index contributed by atoms with van der Waals surface area (Å²) in [5.74, 6) is 1.19. The van der Waals surface area contributed by atoms with Crippen molar-refractivity contribution in [3.8, 4) is 11.5 Å². The Kier molecular flexibility index (Phi) is 8.75. The number of amides is 3. The van der Waals surface area contributed by atoms with Gasteiger partial charge in [-0.15, -0.1) is 0 Å². The average molecular weight is 459 g/mol. The van der Waals surface area contributed by atoms with Crippen molar-refractivity contribution >= 4 is 17.7 Å². The van der Waals surface area contributed by atoms with Crippen molar-refractivity contribution in [3.63, 3.8) is 0 Å². The molecule has 1 aromatic carbocycles. The van der Waals surface area contributed by atoms with Crippen LogP contribution in [0.4, 0.5) is 0 Å². The molecule has 0 N–H and O–H groups in total. The van der Waals surface area contributed by atoms with Crippen LogP contribution in [0.1, 0.15) is 64.9 Å². The Morgan fingerprint density at radius 2 is 1.79 bits per heavy atom. The summed E-state index contributed by atoms with van der Waals surface area (Å²) in [5.41, 5.74) is 0.949. The van der Waals surface area contributed by atoms with E-state index in [0.29, 0.717) is 37.1 Å². The number of likely N-dealkylation sites (tertiary alicyclic amines) is 1. The largest absolute Gasteiger partial charge is 0.493 e. The number of benzene rings is 1. The summed E-state index contributed by atoms with van der Waals surface area (Å²) in [7, 11) is 1.61. The van der Waals surface area contributed by atoms with Gasteiger partial charge in [-0.25, -0.2) is 0 Å². The van der Waals surface area contributed by atoms with Crippen LogP contribution in [0.25, 0.3) is 0 Å². The number of imide groups is 1. The van der Waals surface area contributed by atoms with Crippen molar-refractivity contribution in [2.45, 2.75) is 65.8 Å². The van der Waals surface area contributed by atoms with Crippen molar-refractivity contribution in [2.24, 2.45) is 17.8 Å². The van der Waals surface area contributed by atoms with E-state index >= 15 is 0 Å². The smallest absolute Gasteiger partial charge is 0.233 e. The number of hydrogen-bond acceptors (Lipinski definition) is 5. The molecular weight excluding hydrogens is 420 g/mol. The zero-order valence-electron chi connectivity index (χ0n) is 20.5. The van der Waals surface area contributed by atoms with E-state index in [-0.39, 0.29) is 42.5 Å². The Balaban J connectivity index is 1.62. The van der Waals surface area contributed by atoms with Crippen LogP contribution < -0.4 is 9.47 Å². The van der Waals surface area contributed by atoms with Gasteiger partial charge in [0.1, 0.15) is 0 Å². The predicted octanol–water partition coefficient (Wildman–Crippen LogP) is 4.03. The molecule has 7 heteroatoms. The molecule has 2 aliphatic rings. The van der Waals surface area contributed by atoms with Crippen LogP contribution in [-0.4, -0.2) is 54.3 Å². The zero-order chi connectivity index (χ0) is 24.0. The maximum absolute atomic E-state index is 13.0. The molecule has 3 rings (SSSR count). The lowest BCUT2D eigenvalue weighted by atomic mass is 9.81. The summed E-state index contributed by atoms with van der Waals surface area (Å²) in [4.78, 5) is 41.6. The SMILES string of the molecule is CCCN(Cc1ccc(OCC(C)C)c(OC)c1)C(=O)CCN1C(=O)[C@H]2CCCC[C@H]2C1=O. The van der Waals surface area contributed by atoms with Crippen molar-refractivity contribution in [2.75, 3.05) is 26.8 Å². The van der Waals surface area contributed by atoms with Gasteiger partial charge in [0.15, 0.2) is 11.5 Å². The molecule has 0 bridgehead atoms. The second-order valence-electron chi connectivity index (χ2n) is 9.58. The molecule has 0 unspecified atom stereocenters. The van der Waals surface area contributed by atoms with Crippen LogP contribution in [-0.2, 0) is 20.9 Å². The summed E-state index contributed by atoms with van der Waals surface area (Å²) in [6.07, 6.45) is 4.57. The number of rotatable bonds is 11. The molecule has 33 heavy (non-hydrogen) atoms. The van der Waals surface area contributed by atoms with E-state index < -0.39 is 0 Å². The summed E-state index contributed by atoms with van der Waals surface area (Å²) < 4.78 is 11.3. The zero-order valence-corrected chi connectivity index (χ0v) is 20.5. The van der Waals surface area contributed by atoms with Crippen LogP contribution in [0.15, 0.2) is 18.2 Å². The highest BCUT2D eigenvalue weighted by Gasteiger charge is 2.47. The fourth-order valence-corrected chi connectivity index (χ4v) is 4.79. The fraction of sp³-hybridized carbons (Fsp3) is 0.654. The molecule has 182 valence electrons. The monoisotopic (exact) mass is 458 g/mol. The van der Waals surface area contributed by atoms with Gasteiger partial charge in [-0.05, 0) is 42.9 Å². The minimum atomic E-state index is -0.169. The lowest BCUT2D eigenvalue weighted by Crippen LogP contribution is -2.37. The lowest BCUT2D eigenvalue weighted by Gasteiger charge is -2.24. The molecule has 1 aliphatic heterocycles. The summed E-state index contributed by atoms with van der Waals surface area (Å²) in [6, 6.07) is 5.74. The van der Waals surface area contributed by atoms with E-state index in [2.05, 4.69) is 13.8 Å². The Bertz CT molecular complexity index is 829. The number of hydrogen-bond donors (Lipinski definition) is 0. The maximum Gasteiger partial charge on any atom is 0.233 e. The molecule has 1 heterocycles. The number of nitrogens with zero attached hydrogens (tertiary/aromatic N) is 2. The normalized spacial score (nSPS) is 20.2. The molecule has 1 saturated heterocycles. The fourth-order valence-electron chi connectivity index (χ4n) is 4.79. The van der Waals surface area contributed by atoms with Gasteiger partial charge >= 0.3 is 0 Å². The molecule has 0 spiro atoms. The molecule has 1 aliphatic carbocycles. The van der Waals surface area contributed by atoms with Crippen LogP contribution in [0.3, 0.4) is 0 Å². The quantitative estimate of drug-likeness (QED) is 0.468. The third-order valence-electron chi connectivity index (χ3n) is 6.50. The van der Waals surface area contributed by atoms with Gasteiger partial charge in [0.05, 0.1) is 25.6 Å². The molecule has 0 aromatic heterocycles. The molecular formula is C26H38N2O5. The molecule has 0 radical (unpaired) electrons. The lowest BCUT2D eigenvalue weighted by molar-refractivity contribution is -0.141. The molecule has 3 amide bonds. The first-order valence-electron chi connectivity index (χ1n) is 12.3. The molecule has 2 fully saturated rings. The van der Waals surface area contributed by atoms with E-state index in [1.54, 1.807) is 12.0 Å². The molecule has 7 nitrogen and oxygen atoms in total. The second kappa shape index (κ2) is 11.5. The number of ether oxygens (including phenoxy) is 2. The first-order valence-corrected chi connectivity index (χ1v) is 12.3. The summed E-state index contributed by atoms with van der Waals surface area (Å²) >= 11 is 0. The maximum atomic E-state index is 13.0. The Morgan fingerprint density at radius 1 is 1.12 bits per heavy atom. The summed E-state index contributed by atoms with van der Waals surface area (Å²) in [5, 5.41) is 0. The number of carbonyl (C=O) groups is 3. The van der Waals surface area contributed by atoms with Crippen molar-refractivity contribution < 1.29 is 23.9 Å². The van der Waals surface area contributed by atoms with E-state index in [4.69, 9.17) is 9.47 Å². The predicted molar refractivity (Wildman–Crippen MR) is 126 cm³/mol. The second-order valence-corrected chi connectivity index (χ2v) is 9.58. The van der Waals surface area contributed by atoms with E-state index in [1.165, 1.54) is 4.90 Å². The molecule has 1 saturated carbocycles. The van der Waals surface area contributed by atoms with E-state index in [0.717, 1.165) is 37.7 Å². The molecule has 2 atom stereocenters. The van der Waals surface area contributed by atoms with Crippen molar-refractivity contribution in [1.29, 1.82) is 0 Å². The average Bonchev–Trinajstić information content (AvgIpc) is 3.05. The highest BCUT2D eigenvalue weighted by atomic mass is 16.5. The van der Waals surface area contributed by atoms with Gasteiger partial charge in [-0.1, -0.05) is 39.7 Å². The topological polar surface area (TPSA) is 76.2 Å². The third kappa shape index (κ3) is 6.06. The minimum Gasteiger partial charge on any atom is -0.493 e. The first-order chi connectivity index (χ1) is 15.8. The van der Waals surface area contributed by atoms with Crippen molar-refractivity contribution in [1.82, 2.24) is 9.80 Å². The summed E-state index contributed by atoms with van der Waals surface area (Å²) in [6.45, 7) is 8.04. The first kappa shape index (κ1) is 25.1. The van der Waals surface area contributed by atoms with Crippen LogP contribution in [0, 0.1) is 17.8 Å². The highest BCUT2D eigenvalue weighted by Crippen LogP contribution is 2.38. The van der Waals surface area contributed by atoms with Gasteiger partial charge in [-0.2, -0.15) is 0 Å². The Hall–Kier alpha value is -2.57. The molecule has 1 aromatic rings. The highest BCUT2D eigenvalue weighted by molar-refractivity contribution is 6.05. The number of methoxy groups -OCH3 is 1. The Labute approximate surface area is 197 Å².